The fourth-order valence-corrected chi connectivity index (χ4v) is 7.11. The Balaban J connectivity index is 0.00000348. The number of rotatable bonds is 10. The third-order valence-electron chi connectivity index (χ3n) is 7.90. The number of benzene rings is 4. The summed E-state index contributed by atoms with van der Waals surface area (Å²) >= 11 is 0. The van der Waals surface area contributed by atoms with Gasteiger partial charge >= 0.3 is 123 Å². The van der Waals surface area contributed by atoms with E-state index in [4.69, 9.17) is 0 Å². The predicted molar refractivity (Wildman–Crippen MR) is 176 cm³/mol. The first-order chi connectivity index (χ1) is 25.1. The van der Waals surface area contributed by atoms with Gasteiger partial charge in [0.1, 0.15) is 36.1 Å². The van der Waals surface area contributed by atoms with Crippen molar-refractivity contribution in [3.8, 4) is 34.1 Å². The molecule has 2 aliphatic carbocycles. The van der Waals surface area contributed by atoms with E-state index in [2.05, 4.69) is 21.7 Å². The summed E-state index contributed by atoms with van der Waals surface area (Å²) in [5.41, 5.74) is 7.64. The van der Waals surface area contributed by atoms with E-state index in [1.54, 1.807) is 0 Å². The van der Waals surface area contributed by atoms with E-state index in [1.807, 2.05) is 0 Å². The molecule has 0 unspecified atom stereocenters. The average Bonchev–Trinajstić information content (AvgIpc) is 3.07. The van der Waals surface area contributed by atoms with Crippen LogP contribution in [0.2, 0.25) is 0 Å². The second-order valence-corrected chi connectivity index (χ2v) is 15.4. The van der Waals surface area contributed by atoms with Crippen LogP contribution < -0.4 is 131 Å². The minimum atomic E-state index is -5.50. The van der Waals surface area contributed by atoms with Gasteiger partial charge in [0.05, 0.1) is 26.0 Å². The van der Waals surface area contributed by atoms with Gasteiger partial charge in [0, 0.05) is 17.5 Å². The first-order valence-corrected chi connectivity index (χ1v) is 18.8. The first kappa shape index (κ1) is 54.6. The minimum absolute atomic E-state index is 0. The summed E-state index contributed by atoms with van der Waals surface area (Å²) in [7, 11) is -15.7. The molecule has 0 saturated carbocycles. The molecule has 27 heteroatoms. The van der Waals surface area contributed by atoms with Crippen molar-refractivity contribution in [2.45, 2.75) is 9.79 Å². The van der Waals surface area contributed by atoms with Crippen LogP contribution in [0.4, 0.5) is 17.1 Å². The molecule has 2 radical (unpaired) electrons. The fraction of sp³-hybridized carbons (Fsp3) is 0. The largest absolute Gasteiger partial charge is 2.00 e. The van der Waals surface area contributed by atoms with E-state index in [1.165, 1.54) is 24.3 Å². The van der Waals surface area contributed by atoms with Crippen molar-refractivity contribution in [1.29, 1.82) is 0 Å². The third kappa shape index (κ3) is 11.8. The molecule has 0 fully saturated rings. The van der Waals surface area contributed by atoms with Crippen molar-refractivity contribution in [1.82, 2.24) is 5.43 Å². The number of nitrogens with one attached hydrogen (secondary N) is 4. The van der Waals surface area contributed by atoms with Gasteiger partial charge in [-0.3, -0.25) is 15.0 Å². The van der Waals surface area contributed by atoms with Gasteiger partial charge in [-0.1, -0.05) is 53.7 Å². The Labute approximate surface area is 422 Å². The molecule has 0 amide bonds. The second kappa shape index (κ2) is 20.7. The summed E-state index contributed by atoms with van der Waals surface area (Å²) in [6.45, 7) is 0. The molecular formula is C32H17Cu2N4Na3O15S3. The average molecular weight is 990 g/mol. The van der Waals surface area contributed by atoms with Crippen LogP contribution in [0.1, 0.15) is 0 Å². The molecule has 0 aliphatic heterocycles. The van der Waals surface area contributed by atoms with Gasteiger partial charge in [-0.2, -0.15) is 0 Å². The minimum Gasteiger partial charge on any atom is -0.872 e. The number of anilines is 3. The summed E-state index contributed by atoms with van der Waals surface area (Å²) in [5.74, 6) is -5.76. The smallest absolute Gasteiger partial charge is 0.872 e. The maximum absolute atomic E-state index is 13.2. The van der Waals surface area contributed by atoms with Crippen LogP contribution in [0.25, 0.3) is 21.9 Å². The molecule has 0 spiro atoms. The third-order valence-corrected chi connectivity index (χ3v) is 10.4. The molecule has 0 saturated heterocycles. The topological polar surface area (TPSA) is 346 Å². The summed E-state index contributed by atoms with van der Waals surface area (Å²) in [4.78, 5) is 22.1. The Morgan fingerprint density at radius 3 is 1.75 bits per heavy atom. The van der Waals surface area contributed by atoms with Gasteiger partial charge < -0.3 is 50.4 Å². The predicted octanol–water partition coefficient (Wildman–Crippen LogP) is -9.70. The van der Waals surface area contributed by atoms with Crippen LogP contribution in [0, 0.1) is 0 Å². The summed E-state index contributed by atoms with van der Waals surface area (Å²) < 4.78 is 105. The summed E-state index contributed by atoms with van der Waals surface area (Å²) in [6, 6.07) is 8.67. The number of carbonyl (C=O) groups excluding carboxylic acids is 2. The van der Waals surface area contributed by atoms with Gasteiger partial charge in [0.2, 0.25) is 5.78 Å². The van der Waals surface area contributed by atoms with E-state index < -0.39 is 96.1 Å². The van der Waals surface area contributed by atoms with Crippen LogP contribution in [-0.2, 0) is 74.1 Å². The van der Waals surface area contributed by atoms with Crippen molar-refractivity contribution in [3.05, 3.63) is 101 Å². The Hall–Kier alpha value is -2.39. The van der Waals surface area contributed by atoms with Crippen LogP contribution in [-0.4, -0.2) is 50.5 Å². The molecule has 0 atom stereocenters. The van der Waals surface area contributed by atoms with Gasteiger partial charge in [0.25, 0.3) is 0 Å². The summed E-state index contributed by atoms with van der Waals surface area (Å²) in [5, 5.41) is 50.1. The van der Waals surface area contributed by atoms with E-state index in [9.17, 15) is 68.9 Å². The van der Waals surface area contributed by atoms with E-state index in [0.717, 1.165) is 30.4 Å². The Kier molecular flexibility index (Phi) is 19.1. The van der Waals surface area contributed by atoms with Crippen LogP contribution >= 0.6 is 0 Å². The van der Waals surface area contributed by atoms with E-state index in [0.29, 0.717) is 24.3 Å². The molecule has 19 nitrogen and oxygen atoms in total. The molecule has 4 N–H and O–H groups in total. The molecule has 0 bridgehead atoms. The number of hydrogen-bond acceptors (Lipinski definition) is 19. The molecular weight excluding hydrogens is 973 g/mol. The van der Waals surface area contributed by atoms with Crippen LogP contribution in [0.5, 0.6) is 23.0 Å². The number of carbonyl (C=O) groups is 2. The molecule has 2 aliphatic rings. The molecule has 59 heavy (non-hydrogen) atoms. The van der Waals surface area contributed by atoms with Crippen molar-refractivity contribution in [2.75, 3.05) is 16.3 Å². The standard InChI is InChI=1S/C32H24N4O15S3.2Cu.3Na/c37-22-5-2-14(9-21(22)34-36-31-27(54(49,50)51)11-17-8-19(53(46,47)48)13-26(41)29(17)32(31)42)15-1-4-20(24(39)10-15)33-35-30-23(38)6-3-16-7-18(52(43,44)45)12-25(40)28(16)30;;;;;/h1-13,33-37,39,41-42H,(H,43,44,45)(H,46,47,48)(H,49,50,51);;;;;/q;2*+2;3*+1/p-7. The quantitative estimate of drug-likeness (QED) is 0.0651. The van der Waals surface area contributed by atoms with Gasteiger partial charge in [0.15, 0.2) is 5.78 Å². The van der Waals surface area contributed by atoms with Crippen molar-refractivity contribution >= 4 is 69.8 Å². The monoisotopic (exact) mass is 988 g/mol. The van der Waals surface area contributed by atoms with Crippen LogP contribution in [0.15, 0.2) is 110 Å². The molecule has 0 aromatic heterocycles. The van der Waals surface area contributed by atoms with E-state index in [-0.39, 0.29) is 162 Å². The Bertz CT molecular complexity index is 2860. The Morgan fingerprint density at radius 2 is 1.15 bits per heavy atom. The SMILES string of the molecule is O=C1C=CC2=CC(S(=O)(=O)[O-])=CC(=O)C2=C1NNc1ccc(-c2ccc([O-])c(NNc3c(S(=O)(=O)[O-])cc4cc(S(=O)(=O)[O-])cc([O-])c4c3[O-])c2)cc1[O-].[Cu+2].[Cu+2].[Na+].[Na+].[Na+]. The molecule has 4 aromatic rings. The summed E-state index contributed by atoms with van der Waals surface area (Å²) in [6.07, 6.45) is 3.63. The number of hydrazine groups is 2. The van der Waals surface area contributed by atoms with Crippen molar-refractivity contribution < 1.29 is 192 Å². The maximum atomic E-state index is 13.2. The normalized spacial score (nSPS) is 13.5. The first-order valence-electron chi connectivity index (χ1n) is 14.6. The number of allylic oxidation sites excluding steroid dienone is 6. The zero-order valence-electron chi connectivity index (χ0n) is 30.0. The second-order valence-electron chi connectivity index (χ2n) is 11.3. The number of hydrogen-bond donors (Lipinski definition) is 4. The molecule has 6 rings (SSSR count). The molecule has 298 valence electrons. The van der Waals surface area contributed by atoms with Crippen molar-refractivity contribution in [2.24, 2.45) is 0 Å². The molecule has 4 aromatic carbocycles. The van der Waals surface area contributed by atoms with Crippen molar-refractivity contribution in [3.63, 3.8) is 0 Å². The van der Waals surface area contributed by atoms with Crippen LogP contribution in [0.3, 0.4) is 0 Å². The number of ketones is 2. The van der Waals surface area contributed by atoms with Gasteiger partial charge in [-0.25, -0.2) is 25.3 Å². The van der Waals surface area contributed by atoms with Gasteiger partial charge in [-0.15, -0.1) is 5.75 Å². The molecule has 0 heterocycles. The maximum Gasteiger partial charge on any atom is 2.00 e. The zero-order valence-corrected chi connectivity index (χ0v) is 40.3. The van der Waals surface area contributed by atoms with Gasteiger partial charge in [-0.05, 0) is 63.9 Å². The Morgan fingerprint density at radius 1 is 0.542 bits per heavy atom. The van der Waals surface area contributed by atoms with E-state index >= 15 is 0 Å². The zero-order chi connectivity index (χ0) is 39.5. The number of fused-ring (bicyclic) bond motifs is 2. The fourth-order valence-electron chi connectivity index (χ4n) is 5.40.